The summed E-state index contributed by atoms with van der Waals surface area (Å²) < 4.78 is 10.9. The fourth-order valence-corrected chi connectivity index (χ4v) is 4.26. The Kier molecular flexibility index (Phi) is 6.21. The first-order valence-electron chi connectivity index (χ1n) is 8.78. The highest BCUT2D eigenvalue weighted by molar-refractivity contribution is 7.13. The van der Waals surface area contributed by atoms with Gasteiger partial charge in [0, 0.05) is 45.4 Å². The van der Waals surface area contributed by atoms with Gasteiger partial charge in [0.05, 0.1) is 23.9 Å². The third-order valence-corrected chi connectivity index (χ3v) is 5.81. The first-order valence-corrected chi connectivity index (χ1v) is 9.59. The van der Waals surface area contributed by atoms with E-state index in [0.29, 0.717) is 0 Å². The minimum atomic E-state index is 0.137. The van der Waals surface area contributed by atoms with Crippen LogP contribution >= 0.6 is 11.3 Å². The molecule has 7 heteroatoms. The quantitative estimate of drug-likeness (QED) is 0.807. The Hall–Kier alpha value is -1.02. The van der Waals surface area contributed by atoms with Crippen molar-refractivity contribution in [2.75, 3.05) is 52.6 Å². The Morgan fingerprint density at radius 3 is 2.50 bits per heavy atom. The maximum Gasteiger partial charge on any atom is 0.266 e. The second kappa shape index (κ2) is 8.38. The van der Waals surface area contributed by atoms with Gasteiger partial charge in [-0.15, -0.1) is 11.3 Å². The van der Waals surface area contributed by atoms with Crippen LogP contribution in [-0.2, 0) is 9.47 Å². The third-order valence-electron chi connectivity index (χ3n) is 4.75. The van der Waals surface area contributed by atoms with Crippen molar-refractivity contribution in [1.29, 1.82) is 0 Å². The van der Waals surface area contributed by atoms with Crippen molar-refractivity contribution in [3.8, 4) is 0 Å². The van der Waals surface area contributed by atoms with E-state index in [1.165, 1.54) is 11.3 Å². The molecule has 134 valence electrons. The number of ether oxygens (including phenoxy) is 2. The van der Waals surface area contributed by atoms with Crippen LogP contribution in [0.2, 0.25) is 0 Å². The van der Waals surface area contributed by atoms with E-state index in [1.54, 1.807) is 0 Å². The fourth-order valence-electron chi connectivity index (χ4n) is 3.38. The molecule has 0 aliphatic carbocycles. The molecule has 0 aromatic carbocycles. The first-order chi connectivity index (χ1) is 11.6. The van der Waals surface area contributed by atoms with Gasteiger partial charge in [0.15, 0.2) is 0 Å². The van der Waals surface area contributed by atoms with Crippen molar-refractivity contribution >= 4 is 17.2 Å². The molecule has 2 saturated heterocycles. The molecule has 0 radical (unpaired) electrons. The van der Waals surface area contributed by atoms with E-state index in [2.05, 4.69) is 14.8 Å². The molecule has 0 atom stereocenters. The van der Waals surface area contributed by atoms with Crippen molar-refractivity contribution in [2.45, 2.75) is 32.7 Å². The normalized spacial score (nSPS) is 20.2. The van der Waals surface area contributed by atoms with Gasteiger partial charge >= 0.3 is 0 Å². The topological polar surface area (TPSA) is 54.9 Å². The zero-order valence-corrected chi connectivity index (χ0v) is 15.4. The summed E-state index contributed by atoms with van der Waals surface area (Å²) in [5.74, 6) is 0.137. The highest BCUT2D eigenvalue weighted by Crippen LogP contribution is 2.23. The van der Waals surface area contributed by atoms with Crippen molar-refractivity contribution in [3.05, 3.63) is 15.6 Å². The summed E-state index contributed by atoms with van der Waals surface area (Å²) in [5.41, 5.74) is 0.853. The molecule has 6 nitrogen and oxygen atoms in total. The van der Waals surface area contributed by atoms with Crippen molar-refractivity contribution in [2.24, 2.45) is 0 Å². The van der Waals surface area contributed by atoms with Crippen LogP contribution in [0.4, 0.5) is 0 Å². The lowest BCUT2D eigenvalue weighted by atomic mass is 10.1. The van der Waals surface area contributed by atoms with Gasteiger partial charge in [-0.2, -0.15) is 0 Å². The Labute approximate surface area is 147 Å². The average molecular weight is 353 g/mol. The molecule has 2 aliphatic rings. The van der Waals surface area contributed by atoms with Crippen LogP contribution in [0.15, 0.2) is 0 Å². The number of amides is 1. The summed E-state index contributed by atoms with van der Waals surface area (Å²) in [6.07, 6.45) is 1.84. The Morgan fingerprint density at radius 1 is 1.21 bits per heavy atom. The van der Waals surface area contributed by atoms with Crippen LogP contribution in [0.1, 0.15) is 33.2 Å². The summed E-state index contributed by atoms with van der Waals surface area (Å²) in [5, 5.41) is 0.955. The zero-order chi connectivity index (χ0) is 16.9. The Morgan fingerprint density at radius 2 is 1.88 bits per heavy atom. The van der Waals surface area contributed by atoms with E-state index >= 15 is 0 Å². The summed E-state index contributed by atoms with van der Waals surface area (Å²) in [6, 6.07) is 0.272. The van der Waals surface area contributed by atoms with Crippen LogP contribution in [-0.4, -0.2) is 79.3 Å². The van der Waals surface area contributed by atoms with E-state index in [-0.39, 0.29) is 11.9 Å². The molecule has 0 bridgehead atoms. The van der Waals surface area contributed by atoms with Gasteiger partial charge in [-0.1, -0.05) is 0 Å². The maximum atomic E-state index is 13.2. The Balaban J connectivity index is 1.70. The van der Waals surface area contributed by atoms with Crippen molar-refractivity contribution < 1.29 is 14.3 Å². The zero-order valence-electron chi connectivity index (χ0n) is 14.6. The number of rotatable bonds is 5. The number of morpholine rings is 1. The minimum Gasteiger partial charge on any atom is -0.381 e. The number of hydrogen-bond donors (Lipinski definition) is 0. The standard InChI is InChI=1S/C17H27N3O3S/c1-13-16(24-14(2)18-13)17(21)20(15-3-9-22-10-4-15)6-5-19-7-11-23-12-8-19/h15H,3-12H2,1-2H3. The van der Waals surface area contributed by atoms with Crippen molar-refractivity contribution in [1.82, 2.24) is 14.8 Å². The third kappa shape index (κ3) is 4.33. The molecule has 0 N–H and O–H groups in total. The second-order valence-corrected chi connectivity index (χ2v) is 7.65. The lowest BCUT2D eigenvalue weighted by Crippen LogP contribution is -2.48. The predicted octanol–water partition coefficient (Wildman–Crippen LogP) is 1.71. The lowest BCUT2D eigenvalue weighted by Gasteiger charge is -2.36. The first kappa shape index (κ1) is 17.8. The van der Waals surface area contributed by atoms with Crippen LogP contribution < -0.4 is 0 Å². The fraction of sp³-hybridized carbons (Fsp3) is 0.765. The molecular formula is C17H27N3O3S. The van der Waals surface area contributed by atoms with E-state index in [4.69, 9.17) is 9.47 Å². The van der Waals surface area contributed by atoms with Gasteiger partial charge in [0.1, 0.15) is 4.88 Å². The van der Waals surface area contributed by atoms with Gasteiger partial charge < -0.3 is 14.4 Å². The van der Waals surface area contributed by atoms with Crippen LogP contribution in [0, 0.1) is 13.8 Å². The number of aryl methyl sites for hydroxylation is 2. The van der Waals surface area contributed by atoms with Gasteiger partial charge in [0.2, 0.25) is 0 Å². The summed E-state index contributed by atoms with van der Waals surface area (Å²) >= 11 is 1.51. The van der Waals surface area contributed by atoms with E-state index in [1.807, 2.05) is 13.8 Å². The number of thiazole rings is 1. The Bertz CT molecular complexity index is 551. The minimum absolute atomic E-state index is 0.137. The number of carbonyl (C=O) groups excluding carboxylic acids is 1. The maximum absolute atomic E-state index is 13.2. The molecule has 0 unspecified atom stereocenters. The predicted molar refractivity (Wildman–Crippen MR) is 93.7 cm³/mol. The lowest BCUT2D eigenvalue weighted by molar-refractivity contribution is 0.0142. The SMILES string of the molecule is Cc1nc(C)c(C(=O)N(CCN2CCOCC2)C2CCOCC2)s1. The molecule has 0 spiro atoms. The van der Waals surface area contributed by atoms with Gasteiger partial charge in [0.25, 0.3) is 5.91 Å². The van der Waals surface area contributed by atoms with Gasteiger partial charge in [-0.3, -0.25) is 9.69 Å². The van der Waals surface area contributed by atoms with Crippen LogP contribution in [0.25, 0.3) is 0 Å². The molecule has 3 rings (SSSR count). The molecule has 24 heavy (non-hydrogen) atoms. The largest absolute Gasteiger partial charge is 0.381 e. The molecule has 2 aliphatic heterocycles. The number of carbonyl (C=O) groups is 1. The van der Waals surface area contributed by atoms with E-state index < -0.39 is 0 Å². The number of nitrogens with zero attached hydrogens (tertiary/aromatic N) is 3. The van der Waals surface area contributed by atoms with Gasteiger partial charge in [-0.25, -0.2) is 4.98 Å². The average Bonchev–Trinajstić information content (AvgIpc) is 2.95. The summed E-state index contributed by atoms with van der Waals surface area (Å²) in [6.45, 7) is 10.5. The van der Waals surface area contributed by atoms with E-state index in [9.17, 15) is 4.79 Å². The molecule has 1 aromatic rings. The molecule has 3 heterocycles. The summed E-state index contributed by atoms with van der Waals surface area (Å²) in [4.78, 5) is 22.8. The monoisotopic (exact) mass is 353 g/mol. The van der Waals surface area contributed by atoms with Gasteiger partial charge in [-0.05, 0) is 26.7 Å². The second-order valence-electron chi connectivity index (χ2n) is 6.44. The number of aromatic nitrogens is 1. The molecular weight excluding hydrogens is 326 g/mol. The highest BCUT2D eigenvalue weighted by atomic mass is 32.1. The molecule has 0 saturated carbocycles. The van der Waals surface area contributed by atoms with Crippen molar-refractivity contribution in [3.63, 3.8) is 0 Å². The van der Waals surface area contributed by atoms with Crippen LogP contribution in [0.5, 0.6) is 0 Å². The number of hydrogen-bond acceptors (Lipinski definition) is 6. The van der Waals surface area contributed by atoms with Crippen LogP contribution in [0.3, 0.4) is 0 Å². The highest BCUT2D eigenvalue weighted by Gasteiger charge is 2.29. The molecule has 1 aromatic heterocycles. The molecule has 2 fully saturated rings. The molecule has 1 amide bonds. The van der Waals surface area contributed by atoms with E-state index in [0.717, 1.165) is 81.0 Å². The summed E-state index contributed by atoms with van der Waals surface area (Å²) in [7, 11) is 0. The smallest absolute Gasteiger partial charge is 0.266 e.